The third-order valence-corrected chi connectivity index (χ3v) is 4.25. The van der Waals surface area contributed by atoms with E-state index in [1.165, 1.54) is 11.6 Å². The molecule has 2 aromatic rings. The Morgan fingerprint density at radius 3 is 2.62 bits per heavy atom. The van der Waals surface area contributed by atoms with E-state index in [2.05, 4.69) is 41.2 Å². The molecule has 0 aliphatic rings. The Morgan fingerprint density at radius 2 is 1.95 bits per heavy atom. The fourth-order valence-corrected chi connectivity index (χ4v) is 2.99. The van der Waals surface area contributed by atoms with Crippen molar-refractivity contribution in [2.45, 2.75) is 32.4 Å². The molecule has 21 heavy (non-hydrogen) atoms. The molecule has 0 aliphatic heterocycles. The molecule has 0 bridgehead atoms. The van der Waals surface area contributed by atoms with Gasteiger partial charge >= 0.3 is 0 Å². The highest BCUT2D eigenvalue weighted by Gasteiger charge is 2.11. The first-order valence-corrected chi connectivity index (χ1v) is 8.08. The molecule has 0 spiro atoms. The summed E-state index contributed by atoms with van der Waals surface area (Å²) in [4.78, 5) is 0. The van der Waals surface area contributed by atoms with Gasteiger partial charge in [-0.25, -0.2) is 4.39 Å². The van der Waals surface area contributed by atoms with Gasteiger partial charge in [-0.2, -0.15) is 0 Å². The van der Waals surface area contributed by atoms with Gasteiger partial charge in [-0.1, -0.05) is 29.8 Å². The number of nitrogens with one attached hydrogen (secondary N) is 1. The second kappa shape index (κ2) is 7.39. The van der Waals surface area contributed by atoms with Crippen molar-refractivity contribution in [3.8, 4) is 0 Å². The maximum Gasteiger partial charge on any atom is 0.137 e. The molecule has 1 nitrogen and oxygen atoms in total. The maximum absolute atomic E-state index is 13.3. The lowest BCUT2D eigenvalue weighted by Gasteiger charge is -2.21. The lowest BCUT2D eigenvalue weighted by molar-refractivity contribution is 0.476. The van der Waals surface area contributed by atoms with E-state index in [1.54, 1.807) is 0 Å². The van der Waals surface area contributed by atoms with Crippen LogP contribution in [0.15, 0.2) is 46.9 Å². The van der Waals surface area contributed by atoms with Crippen LogP contribution in [0.4, 0.5) is 4.39 Å². The summed E-state index contributed by atoms with van der Waals surface area (Å²) in [6.45, 7) is 4.21. The number of benzene rings is 2. The van der Waals surface area contributed by atoms with E-state index in [1.807, 2.05) is 30.3 Å². The Balaban J connectivity index is 1.98. The van der Waals surface area contributed by atoms with Crippen LogP contribution in [0.1, 0.15) is 31.0 Å². The van der Waals surface area contributed by atoms with E-state index in [-0.39, 0.29) is 11.9 Å². The Hall–Kier alpha value is -0.900. The molecule has 2 atom stereocenters. The molecule has 0 fully saturated rings. The topological polar surface area (TPSA) is 12.0 Å². The molecule has 2 unspecified atom stereocenters. The summed E-state index contributed by atoms with van der Waals surface area (Å²) < 4.78 is 13.8. The van der Waals surface area contributed by atoms with Gasteiger partial charge < -0.3 is 5.32 Å². The third kappa shape index (κ3) is 4.80. The molecule has 0 aliphatic carbocycles. The predicted molar refractivity (Wildman–Crippen MR) is 90.3 cm³/mol. The van der Waals surface area contributed by atoms with Gasteiger partial charge in [0.1, 0.15) is 5.82 Å². The van der Waals surface area contributed by atoms with Crippen LogP contribution in [0.25, 0.3) is 0 Å². The standard InChI is InChI=1S/C17H18BrClFN/c1-11(8-13-4-3-5-15(19)9-13)21-12(2)14-6-7-17(20)16(18)10-14/h3-7,9-12,21H,8H2,1-2H3. The summed E-state index contributed by atoms with van der Waals surface area (Å²) in [5, 5.41) is 4.28. The van der Waals surface area contributed by atoms with Gasteiger partial charge in [-0.3, -0.25) is 0 Å². The summed E-state index contributed by atoms with van der Waals surface area (Å²) in [7, 11) is 0. The Kier molecular flexibility index (Phi) is 5.80. The van der Waals surface area contributed by atoms with Crippen molar-refractivity contribution < 1.29 is 4.39 Å². The van der Waals surface area contributed by atoms with Crippen molar-refractivity contribution in [3.05, 3.63) is 68.9 Å². The Labute approximate surface area is 138 Å². The molecular weight excluding hydrogens is 353 g/mol. The van der Waals surface area contributed by atoms with Crippen LogP contribution in [0.2, 0.25) is 5.02 Å². The van der Waals surface area contributed by atoms with Crippen molar-refractivity contribution in [2.75, 3.05) is 0 Å². The number of hydrogen-bond donors (Lipinski definition) is 1. The molecule has 0 heterocycles. The Bertz CT molecular complexity index is 617. The van der Waals surface area contributed by atoms with Crippen LogP contribution < -0.4 is 5.32 Å². The van der Waals surface area contributed by atoms with E-state index >= 15 is 0 Å². The van der Waals surface area contributed by atoms with Gasteiger partial charge in [0.25, 0.3) is 0 Å². The molecule has 0 aromatic heterocycles. The molecule has 2 aromatic carbocycles. The molecule has 1 N–H and O–H groups in total. The van der Waals surface area contributed by atoms with Crippen molar-refractivity contribution in [3.63, 3.8) is 0 Å². The minimum atomic E-state index is -0.238. The molecule has 112 valence electrons. The van der Waals surface area contributed by atoms with Crippen molar-refractivity contribution in [2.24, 2.45) is 0 Å². The Morgan fingerprint density at radius 1 is 1.19 bits per heavy atom. The average molecular weight is 371 g/mol. The molecular formula is C17H18BrClFN. The third-order valence-electron chi connectivity index (χ3n) is 3.41. The van der Waals surface area contributed by atoms with E-state index in [9.17, 15) is 4.39 Å². The van der Waals surface area contributed by atoms with E-state index in [0.717, 1.165) is 17.0 Å². The first-order chi connectivity index (χ1) is 9.95. The lowest BCUT2D eigenvalue weighted by Crippen LogP contribution is -2.30. The second-order valence-electron chi connectivity index (χ2n) is 5.30. The van der Waals surface area contributed by atoms with E-state index in [0.29, 0.717) is 10.5 Å². The highest BCUT2D eigenvalue weighted by atomic mass is 79.9. The minimum Gasteiger partial charge on any atom is -0.307 e. The van der Waals surface area contributed by atoms with Gasteiger partial charge in [0.15, 0.2) is 0 Å². The fraction of sp³-hybridized carbons (Fsp3) is 0.294. The molecule has 0 saturated carbocycles. The zero-order chi connectivity index (χ0) is 15.4. The van der Waals surface area contributed by atoms with Crippen LogP contribution in [0.5, 0.6) is 0 Å². The number of halogens is 3. The lowest BCUT2D eigenvalue weighted by atomic mass is 10.0. The van der Waals surface area contributed by atoms with E-state index < -0.39 is 0 Å². The second-order valence-corrected chi connectivity index (χ2v) is 6.59. The normalized spacial score (nSPS) is 14.0. The minimum absolute atomic E-state index is 0.149. The fourth-order valence-electron chi connectivity index (χ4n) is 2.38. The monoisotopic (exact) mass is 369 g/mol. The summed E-state index contributed by atoms with van der Waals surface area (Å²) in [5.41, 5.74) is 2.26. The highest BCUT2D eigenvalue weighted by molar-refractivity contribution is 9.10. The van der Waals surface area contributed by atoms with Crippen LogP contribution in [-0.2, 0) is 6.42 Å². The predicted octanol–water partition coefficient (Wildman–Crippen LogP) is 5.52. The zero-order valence-corrected chi connectivity index (χ0v) is 14.4. The van der Waals surface area contributed by atoms with Gasteiger partial charge in [0.05, 0.1) is 4.47 Å². The SMILES string of the molecule is CC(Cc1cccc(Cl)c1)NC(C)c1ccc(F)c(Br)c1. The molecule has 0 radical (unpaired) electrons. The van der Waals surface area contributed by atoms with Crippen molar-refractivity contribution >= 4 is 27.5 Å². The first-order valence-electron chi connectivity index (χ1n) is 6.91. The number of hydrogen-bond acceptors (Lipinski definition) is 1. The first kappa shape index (κ1) is 16.5. The summed E-state index contributed by atoms with van der Waals surface area (Å²) in [6.07, 6.45) is 0.896. The van der Waals surface area contributed by atoms with Gasteiger partial charge in [0, 0.05) is 17.1 Å². The smallest absolute Gasteiger partial charge is 0.137 e. The summed E-state index contributed by atoms with van der Waals surface area (Å²) in [5.74, 6) is -0.238. The van der Waals surface area contributed by atoms with Crippen molar-refractivity contribution in [1.29, 1.82) is 0 Å². The summed E-state index contributed by atoms with van der Waals surface area (Å²) in [6, 6.07) is 13.5. The van der Waals surface area contributed by atoms with Crippen LogP contribution in [-0.4, -0.2) is 6.04 Å². The van der Waals surface area contributed by atoms with E-state index in [4.69, 9.17) is 11.6 Å². The summed E-state index contributed by atoms with van der Waals surface area (Å²) >= 11 is 9.23. The van der Waals surface area contributed by atoms with Crippen LogP contribution in [0, 0.1) is 5.82 Å². The quantitative estimate of drug-likeness (QED) is 0.730. The van der Waals surface area contributed by atoms with Gasteiger partial charge in [-0.05, 0) is 71.6 Å². The van der Waals surface area contributed by atoms with Gasteiger partial charge in [-0.15, -0.1) is 0 Å². The van der Waals surface area contributed by atoms with Crippen LogP contribution >= 0.6 is 27.5 Å². The number of rotatable bonds is 5. The largest absolute Gasteiger partial charge is 0.307 e. The molecule has 2 rings (SSSR count). The molecule has 0 amide bonds. The molecule has 0 saturated heterocycles. The van der Waals surface area contributed by atoms with Crippen LogP contribution in [0.3, 0.4) is 0 Å². The van der Waals surface area contributed by atoms with Crippen molar-refractivity contribution in [1.82, 2.24) is 5.32 Å². The van der Waals surface area contributed by atoms with Gasteiger partial charge in [0.2, 0.25) is 0 Å². The highest BCUT2D eigenvalue weighted by Crippen LogP contribution is 2.22. The average Bonchev–Trinajstić information content (AvgIpc) is 2.41. The maximum atomic E-state index is 13.3. The molecule has 4 heteroatoms. The zero-order valence-electron chi connectivity index (χ0n) is 12.0.